The summed E-state index contributed by atoms with van der Waals surface area (Å²) in [6.07, 6.45) is 0. The van der Waals surface area contributed by atoms with E-state index in [-0.39, 0.29) is 18.6 Å². The van der Waals surface area contributed by atoms with Crippen LogP contribution in [-0.2, 0) is 9.53 Å². The molecule has 0 bridgehead atoms. The third kappa shape index (κ3) is 5.46. The molecule has 0 spiro atoms. The molecular weight excluding hydrogens is 352 g/mol. The summed E-state index contributed by atoms with van der Waals surface area (Å²) >= 11 is 6.06. The van der Waals surface area contributed by atoms with Crippen LogP contribution in [0.25, 0.3) is 0 Å². The minimum Gasteiger partial charge on any atom is -0.482 e. The highest BCUT2D eigenvalue weighted by atomic mass is 35.5. The maximum atomic E-state index is 12.4. The van der Waals surface area contributed by atoms with Crippen molar-refractivity contribution in [3.63, 3.8) is 0 Å². The summed E-state index contributed by atoms with van der Waals surface area (Å²) in [4.78, 5) is 14.7. The number of para-hydroxylation sites is 1. The SMILES string of the molecule is O=C(COc1ccccc1Cl)N[C@@H](CN1CCOCC1)c1ccccc1. The lowest BCUT2D eigenvalue weighted by molar-refractivity contribution is -0.124. The molecule has 1 atom stereocenters. The van der Waals surface area contributed by atoms with Crippen molar-refractivity contribution in [3.05, 3.63) is 65.2 Å². The van der Waals surface area contributed by atoms with Crippen LogP contribution in [0.3, 0.4) is 0 Å². The normalized spacial score (nSPS) is 16.0. The second-order valence-electron chi connectivity index (χ2n) is 6.16. The van der Waals surface area contributed by atoms with Crippen molar-refractivity contribution in [1.82, 2.24) is 10.2 Å². The number of nitrogens with one attached hydrogen (secondary N) is 1. The molecule has 1 saturated heterocycles. The Kier molecular flexibility index (Phi) is 6.89. The molecule has 2 aromatic rings. The Morgan fingerprint density at radius 2 is 1.81 bits per heavy atom. The Bertz CT molecular complexity index is 705. The van der Waals surface area contributed by atoms with E-state index in [1.54, 1.807) is 12.1 Å². The Hall–Kier alpha value is -2.08. The molecule has 26 heavy (non-hydrogen) atoms. The second-order valence-corrected chi connectivity index (χ2v) is 6.57. The standard InChI is InChI=1S/C20H23ClN2O3/c21-17-8-4-5-9-19(17)26-15-20(24)22-18(16-6-2-1-3-7-16)14-23-10-12-25-13-11-23/h1-9,18H,10-15H2,(H,22,24)/t18-/m0/s1. The number of hydrogen-bond donors (Lipinski definition) is 1. The van der Waals surface area contributed by atoms with E-state index in [0.717, 1.165) is 38.4 Å². The zero-order valence-electron chi connectivity index (χ0n) is 14.6. The minimum absolute atomic E-state index is 0.0732. The van der Waals surface area contributed by atoms with Crippen LogP contribution in [0, 0.1) is 0 Å². The van der Waals surface area contributed by atoms with Crippen LogP contribution in [0.4, 0.5) is 0 Å². The van der Waals surface area contributed by atoms with Crippen LogP contribution >= 0.6 is 11.6 Å². The van der Waals surface area contributed by atoms with Crippen molar-refractivity contribution in [2.24, 2.45) is 0 Å². The lowest BCUT2D eigenvalue weighted by atomic mass is 10.1. The fourth-order valence-electron chi connectivity index (χ4n) is 2.90. The van der Waals surface area contributed by atoms with Gasteiger partial charge in [-0.25, -0.2) is 0 Å². The number of hydrogen-bond acceptors (Lipinski definition) is 4. The van der Waals surface area contributed by atoms with E-state index in [1.807, 2.05) is 42.5 Å². The van der Waals surface area contributed by atoms with Crippen LogP contribution in [0.1, 0.15) is 11.6 Å². The summed E-state index contributed by atoms with van der Waals surface area (Å²) in [7, 11) is 0. The molecule has 6 heteroatoms. The number of carbonyl (C=O) groups excluding carboxylic acids is 1. The molecule has 0 unspecified atom stereocenters. The lowest BCUT2D eigenvalue weighted by Crippen LogP contribution is -2.44. The summed E-state index contributed by atoms with van der Waals surface area (Å²) < 4.78 is 11.0. The van der Waals surface area contributed by atoms with Crippen molar-refractivity contribution >= 4 is 17.5 Å². The first-order valence-electron chi connectivity index (χ1n) is 8.74. The van der Waals surface area contributed by atoms with Crippen LogP contribution in [-0.4, -0.2) is 50.3 Å². The van der Waals surface area contributed by atoms with Gasteiger partial charge in [-0.05, 0) is 17.7 Å². The highest BCUT2D eigenvalue weighted by Crippen LogP contribution is 2.23. The Balaban J connectivity index is 1.61. The van der Waals surface area contributed by atoms with E-state index < -0.39 is 0 Å². The largest absolute Gasteiger partial charge is 0.482 e. The van der Waals surface area contributed by atoms with Crippen LogP contribution in [0.15, 0.2) is 54.6 Å². The number of amides is 1. The molecule has 5 nitrogen and oxygen atoms in total. The fraction of sp³-hybridized carbons (Fsp3) is 0.350. The van der Waals surface area contributed by atoms with E-state index in [2.05, 4.69) is 10.2 Å². The predicted molar refractivity (Wildman–Crippen MR) is 102 cm³/mol. The van der Waals surface area contributed by atoms with Crippen molar-refractivity contribution in [3.8, 4) is 5.75 Å². The monoisotopic (exact) mass is 374 g/mol. The maximum absolute atomic E-state index is 12.4. The van der Waals surface area contributed by atoms with Crippen molar-refractivity contribution < 1.29 is 14.3 Å². The smallest absolute Gasteiger partial charge is 0.258 e. The van der Waals surface area contributed by atoms with E-state index in [4.69, 9.17) is 21.1 Å². The molecule has 1 fully saturated rings. The van der Waals surface area contributed by atoms with Gasteiger partial charge in [0, 0.05) is 19.6 Å². The zero-order valence-corrected chi connectivity index (χ0v) is 15.3. The third-order valence-corrected chi connectivity index (χ3v) is 4.59. The molecule has 138 valence electrons. The van der Waals surface area contributed by atoms with Crippen molar-refractivity contribution in [1.29, 1.82) is 0 Å². The van der Waals surface area contributed by atoms with Crippen molar-refractivity contribution in [2.45, 2.75) is 6.04 Å². The first-order valence-corrected chi connectivity index (χ1v) is 9.12. The van der Waals surface area contributed by atoms with Crippen LogP contribution in [0.2, 0.25) is 5.02 Å². The molecule has 0 saturated carbocycles. The van der Waals surface area contributed by atoms with Gasteiger partial charge in [0.2, 0.25) is 0 Å². The maximum Gasteiger partial charge on any atom is 0.258 e. The molecule has 1 N–H and O–H groups in total. The van der Waals surface area contributed by atoms with Crippen LogP contribution < -0.4 is 10.1 Å². The molecule has 3 rings (SSSR count). The molecule has 2 aromatic carbocycles. The van der Waals surface area contributed by atoms with Gasteiger partial charge in [0.05, 0.1) is 24.3 Å². The van der Waals surface area contributed by atoms with E-state index >= 15 is 0 Å². The number of carbonyl (C=O) groups is 1. The highest BCUT2D eigenvalue weighted by Gasteiger charge is 2.20. The van der Waals surface area contributed by atoms with Gasteiger partial charge in [0.15, 0.2) is 6.61 Å². The van der Waals surface area contributed by atoms with Gasteiger partial charge in [0.25, 0.3) is 5.91 Å². The van der Waals surface area contributed by atoms with Gasteiger partial charge in [-0.1, -0.05) is 54.1 Å². The van der Waals surface area contributed by atoms with E-state index in [9.17, 15) is 4.79 Å². The Morgan fingerprint density at radius 3 is 2.54 bits per heavy atom. The lowest BCUT2D eigenvalue weighted by Gasteiger charge is -2.31. The summed E-state index contributed by atoms with van der Waals surface area (Å²) in [5.41, 5.74) is 1.07. The van der Waals surface area contributed by atoms with Gasteiger partial charge < -0.3 is 14.8 Å². The van der Waals surface area contributed by atoms with Gasteiger partial charge in [0.1, 0.15) is 5.75 Å². The number of halogens is 1. The molecule has 0 aromatic heterocycles. The molecule has 1 heterocycles. The van der Waals surface area contributed by atoms with Gasteiger partial charge in [-0.15, -0.1) is 0 Å². The number of nitrogens with zero attached hydrogens (tertiary/aromatic N) is 1. The summed E-state index contributed by atoms with van der Waals surface area (Å²) in [6, 6.07) is 17.0. The average Bonchev–Trinajstić information content (AvgIpc) is 2.68. The minimum atomic E-state index is -0.174. The third-order valence-electron chi connectivity index (χ3n) is 4.28. The number of morpholine rings is 1. The first kappa shape index (κ1) is 18.7. The Labute approximate surface area is 158 Å². The van der Waals surface area contributed by atoms with Gasteiger partial charge in [-0.2, -0.15) is 0 Å². The van der Waals surface area contributed by atoms with Crippen molar-refractivity contribution in [2.75, 3.05) is 39.5 Å². The summed E-state index contributed by atoms with van der Waals surface area (Å²) in [5.74, 6) is 0.334. The number of rotatable bonds is 7. The van der Waals surface area contributed by atoms with E-state index in [0.29, 0.717) is 10.8 Å². The topological polar surface area (TPSA) is 50.8 Å². The first-order chi connectivity index (χ1) is 12.7. The zero-order chi connectivity index (χ0) is 18.2. The number of benzene rings is 2. The summed E-state index contributed by atoms with van der Waals surface area (Å²) in [6.45, 7) is 3.86. The fourth-order valence-corrected chi connectivity index (χ4v) is 3.09. The highest BCUT2D eigenvalue weighted by molar-refractivity contribution is 6.32. The van der Waals surface area contributed by atoms with Gasteiger partial charge in [-0.3, -0.25) is 9.69 Å². The predicted octanol–water partition coefficient (Wildman–Crippen LogP) is 2.91. The van der Waals surface area contributed by atoms with E-state index in [1.165, 1.54) is 0 Å². The summed E-state index contributed by atoms with van der Waals surface area (Å²) in [5, 5.41) is 3.57. The number of ether oxygens (including phenoxy) is 2. The van der Waals surface area contributed by atoms with Gasteiger partial charge >= 0.3 is 0 Å². The average molecular weight is 375 g/mol. The van der Waals surface area contributed by atoms with Crippen LogP contribution in [0.5, 0.6) is 5.75 Å². The quantitative estimate of drug-likeness (QED) is 0.809. The molecule has 1 amide bonds. The molecule has 1 aliphatic heterocycles. The second kappa shape index (κ2) is 9.57. The Morgan fingerprint density at radius 1 is 1.12 bits per heavy atom. The molecule has 1 aliphatic rings. The molecule has 0 aliphatic carbocycles. The molecule has 0 radical (unpaired) electrons. The molecular formula is C20H23ClN2O3.